The number of hydrogen-bond donors (Lipinski definition) is 0. The van der Waals surface area contributed by atoms with Crippen LogP contribution in [0.4, 0.5) is 32.6 Å². The Hall–Kier alpha value is -1.13. The van der Waals surface area contributed by atoms with Crippen molar-refractivity contribution in [3.63, 3.8) is 0 Å². The van der Waals surface area contributed by atoms with Crippen LogP contribution in [0.25, 0.3) is 0 Å². The van der Waals surface area contributed by atoms with Crippen molar-refractivity contribution in [1.82, 2.24) is 0 Å². The van der Waals surface area contributed by atoms with Crippen molar-refractivity contribution < 1.29 is 43.5 Å². The molecule has 30 heavy (non-hydrogen) atoms. The third-order valence-electron chi connectivity index (χ3n) is 3.64. The van der Waals surface area contributed by atoms with Crippen LogP contribution in [-0.4, -0.2) is 13.9 Å². The van der Waals surface area contributed by atoms with Gasteiger partial charge in [-0.05, 0) is 0 Å². The number of halogens is 9. The van der Waals surface area contributed by atoms with Gasteiger partial charge in [-0.25, -0.2) is 0 Å². The van der Waals surface area contributed by atoms with Gasteiger partial charge in [0.25, 0.3) is 0 Å². The quantitative estimate of drug-likeness (QED) is 0.202. The molecule has 3 nitrogen and oxygen atoms in total. The van der Waals surface area contributed by atoms with E-state index in [1.54, 1.807) is 19.1 Å². The summed E-state index contributed by atoms with van der Waals surface area (Å²) in [5.41, 5.74) is -4.32. The first-order valence-corrected chi connectivity index (χ1v) is 14.2. The summed E-state index contributed by atoms with van der Waals surface area (Å²) in [6, 6.07) is 4.18. The Morgan fingerprint density at radius 1 is 0.867 bits per heavy atom. The Labute approximate surface area is 175 Å². The SMILES string of the molecule is Cc1cc(C)c(I(OS(=O)(=O)C(F)(F)F)c2ccc(S(F)(F)(F)(F)F)cc2)c(C)c1. The molecule has 0 N–H and O–H groups in total. The summed E-state index contributed by atoms with van der Waals surface area (Å²) in [5.74, 6) is 0. The van der Waals surface area contributed by atoms with Gasteiger partial charge in [-0.3, -0.25) is 0 Å². The maximum atomic E-state index is 12.9. The topological polar surface area (TPSA) is 43.4 Å². The van der Waals surface area contributed by atoms with Crippen LogP contribution in [0.3, 0.4) is 0 Å². The van der Waals surface area contributed by atoms with E-state index in [1.807, 2.05) is 0 Å². The molecule has 0 saturated carbocycles. The van der Waals surface area contributed by atoms with Gasteiger partial charge < -0.3 is 0 Å². The van der Waals surface area contributed by atoms with E-state index in [0.717, 1.165) is 0 Å². The number of alkyl halides is 3. The van der Waals surface area contributed by atoms with E-state index in [9.17, 15) is 41.0 Å². The minimum absolute atomic E-state index is 0.0177. The molecule has 0 bridgehead atoms. The van der Waals surface area contributed by atoms with Crippen molar-refractivity contribution in [2.24, 2.45) is 0 Å². The van der Waals surface area contributed by atoms with Gasteiger partial charge in [0, 0.05) is 0 Å². The van der Waals surface area contributed by atoms with Crippen LogP contribution in [0.15, 0.2) is 41.3 Å². The fourth-order valence-electron chi connectivity index (χ4n) is 2.53. The van der Waals surface area contributed by atoms with E-state index in [0.29, 0.717) is 28.8 Å². The zero-order valence-electron chi connectivity index (χ0n) is 15.4. The summed E-state index contributed by atoms with van der Waals surface area (Å²) in [4.78, 5) is -2.24. The van der Waals surface area contributed by atoms with Gasteiger partial charge in [-0.2, -0.15) is 0 Å². The molecule has 0 atom stereocenters. The van der Waals surface area contributed by atoms with Crippen LogP contribution in [0, 0.1) is 27.9 Å². The molecule has 0 aromatic heterocycles. The van der Waals surface area contributed by atoms with Crippen LogP contribution in [0.1, 0.15) is 16.7 Å². The molecule has 0 amide bonds. The van der Waals surface area contributed by atoms with Crippen molar-refractivity contribution in [3.05, 3.63) is 60.2 Å². The molecule has 0 unspecified atom stereocenters. The molecule has 2 aromatic carbocycles. The summed E-state index contributed by atoms with van der Waals surface area (Å²) < 4.78 is 131. The Balaban J connectivity index is 2.70. The van der Waals surface area contributed by atoms with Crippen molar-refractivity contribution in [2.45, 2.75) is 31.2 Å². The number of aryl methyl sites for hydroxylation is 3. The number of rotatable bonds is 5. The number of hydrogen-bond acceptors (Lipinski definition) is 3. The molecule has 14 heteroatoms. The monoisotopic (exact) mass is 598 g/mol. The fraction of sp³-hybridized carbons (Fsp3) is 0.250. The molecule has 0 spiro atoms. The van der Waals surface area contributed by atoms with Crippen molar-refractivity contribution in [3.8, 4) is 0 Å². The third-order valence-corrected chi connectivity index (χ3v) is 12.7. The van der Waals surface area contributed by atoms with Crippen molar-refractivity contribution in [1.29, 1.82) is 0 Å². The summed E-state index contributed by atoms with van der Waals surface area (Å²) in [6.45, 7) is 4.64. The first-order chi connectivity index (χ1) is 13.1. The molecule has 0 saturated heterocycles. The molecular weight excluding hydrogens is 583 g/mol. The number of benzene rings is 2. The molecule has 0 radical (unpaired) electrons. The van der Waals surface area contributed by atoms with Crippen molar-refractivity contribution in [2.75, 3.05) is 0 Å². The first-order valence-electron chi connectivity index (χ1n) is 7.76. The van der Waals surface area contributed by atoms with E-state index in [-0.39, 0.29) is 19.3 Å². The van der Waals surface area contributed by atoms with Crippen LogP contribution >= 0.6 is 30.5 Å². The molecule has 0 fully saturated rings. The van der Waals surface area contributed by atoms with E-state index >= 15 is 0 Å². The van der Waals surface area contributed by atoms with Gasteiger partial charge in [0.05, 0.1) is 0 Å². The van der Waals surface area contributed by atoms with Crippen LogP contribution < -0.4 is 0 Å². The molecule has 0 aliphatic heterocycles. The van der Waals surface area contributed by atoms with E-state index in [1.165, 1.54) is 13.8 Å². The third kappa shape index (κ3) is 5.56. The van der Waals surface area contributed by atoms with E-state index in [4.69, 9.17) is 0 Å². The Kier molecular flexibility index (Phi) is 5.81. The summed E-state index contributed by atoms with van der Waals surface area (Å²) in [7, 11) is -16.1. The summed E-state index contributed by atoms with van der Waals surface area (Å²) in [6.07, 6.45) is 0. The normalized spacial score (nSPS) is 16.0. The van der Waals surface area contributed by atoms with Gasteiger partial charge in [0.2, 0.25) is 0 Å². The van der Waals surface area contributed by atoms with Gasteiger partial charge in [0.1, 0.15) is 0 Å². The fourth-order valence-corrected chi connectivity index (χ4v) is 10.2. The molecular formula is C16H15F8IO3S2. The van der Waals surface area contributed by atoms with Gasteiger partial charge >= 0.3 is 176 Å². The maximum absolute atomic E-state index is 12.9. The molecule has 2 rings (SSSR count). The predicted molar refractivity (Wildman–Crippen MR) is 106 cm³/mol. The van der Waals surface area contributed by atoms with Gasteiger partial charge in [0.15, 0.2) is 0 Å². The average molecular weight is 598 g/mol. The van der Waals surface area contributed by atoms with Gasteiger partial charge in [-0.1, -0.05) is 0 Å². The van der Waals surface area contributed by atoms with Crippen LogP contribution in [0.2, 0.25) is 0 Å². The molecule has 2 aromatic rings. The molecule has 172 valence electrons. The molecule has 0 aliphatic rings. The predicted octanol–water partition coefficient (Wildman–Crippen LogP) is 7.60. The van der Waals surface area contributed by atoms with Crippen molar-refractivity contribution >= 4 is 40.6 Å². The zero-order chi connectivity index (χ0) is 23.4. The Morgan fingerprint density at radius 2 is 1.30 bits per heavy atom. The summed E-state index contributed by atoms with van der Waals surface area (Å²) >= 11 is -4.03. The zero-order valence-corrected chi connectivity index (χ0v) is 19.2. The standard InChI is InChI=1S/C16H15F8IO3S2/c1-10-8-11(2)15(12(3)9-10)25(28-29(26,27)16(17,18)19)13-4-6-14(7-5-13)30(20,21,22,23)24/h4-9H,1-3H3. The second-order valence-electron chi connectivity index (χ2n) is 6.35. The average Bonchev–Trinajstić information content (AvgIpc) is 2.49. The minimum atomic E-state index is -10.0. The second kappa shape index (κ2) is 6.93. The first kappa shape index (κ1) is 25.1. The molecule has 0 aliphatic carbocycles. The Bertz CT molecular complexity index is 1060. The molecule has 0 heterocycles. The van der Waals surface area contributed by atoms with Gasteiger partial charge in [-0.15, -0.1) is 0 Å². The van der Waals surface area contributed by atoms with Crippen LogP contribution in [-0.2, 0) is 12.6 Å². The summed E-state index contributed by atoms with van der Waals surface area (Å²) in [5, 5.41) is 0. The Morgan fingerprint density at radius 3 is 1.67 bits per heavy atom. The van der Waals surface area contributed by atoms with E-state index in [2.05, 4.69) is 2.51 Å². The van der Waals surface area contributed by atoms with Crippen LogP contribution in [0.5, 0.6) is 0 Å². The van der Waals surface area contributed by atoms with E-state index < -0.39 is 51.0 Å². The second-order valence-corrected chi connectivity index (χ2v) is 15.1.